The lowest BCUT2D eigenvalue weighted by Gasteiger charge is -2.17. The van der Waals surface area contributed by atoms with E-state index in [2.05, 4.69) is 0 Å². The number of hydrogen-bond donors (Lipinski definition) is 1. The first kappa shape index (κ1) is 14.5. The number of phenolic OH excluding ortho intramolecular Hbond substituents is 1. The van der Waals surface area contributed by atoms with Crippen LogP contribution in [0.5, 0.6) is 5.75 Å². The second-order valence-corrected chi connectivity index (χ2v) is 5.50. The number of aryl methyl sites for hydroxylation is 1. The van der Waals surface area contributed by atoms with Crippen LogP contribution in [0.3, 0.4) is 0 Å². The normalized spacial score (nSPS) is 14.2. The molecule has 110 valence electrons. The number of carbonyl (C=O) groups excluding carboxylic acids is 2. The second kappa shape index (κ2) is 5.78. The Kier molecular flexibility index (Phi) is 3.82. The molecule has 0 amide bonds. The van der Waals surface area contributed by atoms with Gasteiger partial charge in [-0.3, -0.25) is 9.59 Å². The number of hydrogen-bond acceptors (Lipinski definition) is 3. The molecule has 0 fully saturated rings. The van der Waals surface area contributed by atoms with Crippen LogP contribution < -0.4 is 0 Å². The molecule has 0 heterocycles. The largest absolute Gasteiger partial charge is 0.508 e. The molecule has 1 aliphatic rings. The Bertz CT molecular complexity index is 805. The minimum absolute atomic E-state index is 0.0147. The van der Waals surface area contributed by atoms with E-state index in [1.165, 1.54) is 0 Å². The standard InChI is InChI=1S/C18H13ClO3/c19-16-14(10-9-11-5-1-4-8-15(11)20)17(21)12-6-2-3-7-13(12)18(16)22/h1-8,20H,9-10H2. The van der Waals surface area contributed by atoms with Crippen molar-refractivity contribution in [1.29, 1.82) is 0 Å². The lowest BCUT2D eigenvalue weighted by molar-refractivity contribution is 0.0978. The molecule has 0 spiro atoms. The summed E-state index contributed by atoms with van der Waals surface area (Å²) in [6.07, 6.45) is 0.759. The van der Waals surface area contributed by atoms with Crippen molar-refractivity contribution in [2.75, 3.05) is 0 Å². The highest BCUT2D eigenvalue weighted by Gasteiger charge is 2.30. The van der Waals surface area contributed by atoms with Crippen molar-refractivity contribution in [1.82, 2.24) is 0 Å². The maximum absolute atomic E-state index is 12.5. The quantitative estimate of drug-likeness (QED) is 0.935. The van der Waals surface area contributed by atoms with Crippen LogP contribution in [0, 0.1) is 0 Å². The molecule has 0 saturated heterocycles. The Morgan fingerprint density at radius 3 is 2.09 bits per heavy atom. The number of carbonyl (C=O) groups is 2. The van der Waals surface area contributed by atoms with E-state index in [4.69, 9.17) is 11.6 Å². The molecule has 1 N–H and O–H groups in total. The number of fused-ring (bicyclic) bond motifs is 1. The minimum atomic E-state index is -0.316. The Hall–Kier alpha value is -2.39. The summed E-state index contributed by atoms with van der Waals surface area (Å²) in [6, 6.07) is 13.6. The summed E-state index contributed by atoms with van der Waals surface area (Å²) in [5, 5.41) is 9.77. The molecule has 0 saturated carbocycles. The van der Waals surface area contributed by atoms with Gasteiger partial charge in [0.2, 0.25) is 5.78 Å². The molecule has 2 aromatic rings. The van der Waals surface area contributed by atoms with Crippen molar-refractivity contribution in [3.8, 4) is 5.75 Å². The monoisotopic (exact) mass is 312 g/mol. The summed E-state index contributed by atoms with van der Waals surface area (Å²) in [7, 11) is 0. The molecule has 2 aromatic carbocycles. The van der Waals surface area contributed by atoms with Crippen molar-refractivity contribution < 1.29 is 14.7 Å². The van der Waals surface area contributed by atoms with Crippen LogP contribution in [0.15, 0.2) is 59.1 Å². The Labute approximate surface area is 132 Å². The Morgan fingerprint density at radius 1 is 0.818 bits per heavy atom. The number of Topliss-reactive ketones (excluding diaryl/α,β-unsaturated/α-hetero) is 2. The van der Waals surface area contributed by atoms with Crippen molar-refractivity contribution >= 4 is 23.2 Å². The topological polar surface area (TPSA) is 54.4 Å². The molecule has 0 atom stereocenters. The number of rotatable bonds is 3. The first-order valence-electron chi connectivity index (χ1n) is 6.93. The van der Waals surface area contributed by atoms with E-state index in [-0.39, 0.29) is 22.3 Å². The summed E-state index contributed by atoms with van der Waals surface area (Å²) < 4.78 is 0. The minimum Gasteiger partial charge on any atom is -0.508 e. The summed E-state index contributed by atoms with van der Waals surface area (Å²) >= 11 is 6.11. The van der Waals surface area contributed by atoms with Crippen LogP contribution >= 0.6 is 11.6 Å². The molecule has 0 unspecified atom stereocenters. The average Bonchev–Trinajstić information content (AvgIpc) is 2.54. The molecule has 4 heteroatoms. The molecule has 0 aromatic heterocycles. The predicted molar refractivity (Wildman–Crippen MR) is 84.4 cm³/mol. The van der Waals surface area contributed by atoms with Gasteiger partial charge in [0, 0.05) is 16.7 Å². The fraction of sp³-hybridized carbons (Fsp3) is 0.111. The smallest absolute Gasteiger partial charge is 0.205 e. The van der Waals surface area contributed by atoms with Gasteiger partial charge in [-0.2, -0.15) is 0 Å². The number of allylic oxidation sites excluding steroid dienone is 2. The van der Waals surface area contributed by atoms with Gasteiger partial charge in [-0.25, -0.2) is 0 Å². The van der Waals surface area contributed by atoms with E-state index in [1.54, 1.807) is 42.5 Å². The molecule has 0 bridgehead atoms. The van der Waals surface area contributed by atoms with E-state index in [9.17, 15) is 14.7 Å². The summed E-state index contributed by atoms with van der Waals surface area (Å²) in [5.41, 5.74) is 1.78. The molecule has 0 radical (unpaired) electrons. The Balaban J connectivity index is 1.91. The second-order valence-electron chi connectivity index (χ2n) is 5.13. The van der Waals surface area contributed by atoms with Crippen LogP contribution in [-0.2, 0) is 6.42 Å². The molecular formula is C18H13ClO3. The maximum atomic E-state index is 12.5. The predicted octanol–water partition coefficient (Wildman–Crippen LogP) is 3.90. The zero-order valence-corrected chi connectivity index (χ0v) is 12.4. The van der Waals surface area contributed by atoms with Gasteiger partial charge < -0.3 is 5.11 Å². The van der Waals surface area contributed by atoms with Crippen molar-refractivity contribution in [3.63, 3.8) is 0 Å². The van der Waals surface area contributed by atoms with Gasteiger partial charge in [-0.1, -0.05) is 54.1 Å². The van der Waals surface area contributed by atoms with E-state index in [1.807, 2.05) is 6.07 Å². The van der Waals surface area contributed by atoms with Crippen molar-refractivity contribution in [2.45, 2.75) is 12.8 Å². The molecule has 22 heavy (non-hydrogen) atoms. The summed E-state index contributed by atoms with van der Waals surface area (Å²) in [5.74, 6) is -0.353. The number of phenols is 1. The Morgan fingerprint density at radius 2 is 1.41 bits per heavy atom. The van der Waals surface area contributed by atoms with E-state index in [0.29, 0.717) is 29.5 Å². The average molecular weight is 313 g/mol. The molecule has 3 nitrogen and oxygen atoms in total. The van der Waals surface area contributed by atoms with Crippen LogP contribution in [0.1, 0.15) is 32.7 Å². The van der Waals surface area contributed by atoms with E-state index in [0.717, 1.165) is 5.56 Å². The van der Waals surface area contributed by atoms with Gasteiger partial charge in [0.1, 0.15) is 5.75 Å². The third-order valence-corrected chi connectivity index (χ3v) is 4.19. The fourth-order valence-electron chi connectivity index (χ4n) is 2.60. The number of ketones is 2. The molecule has 3 rings (SSSR count). The first-order chi connectivity index (χ1) is 10.6. The third kappa shape index (κ3) is 2.44. The highest BCUT2D eigenvalue weighted by atomic mass is 35.5. The number of para-hydroxylation sites is 1. The van der Waals surface area contributed by atoms with Crippen LogP contribution in [0.4, 0.5) is 0 Å². The van der Waals surface area contributed by atoms with E-state index < -0.39 is 0 Å². The zero-order valence-electron chi connectivity index (χ0n) is 11.7. The van der Waals surface area contributed by atoms with Gasteiger partial charge in [0.25, 0.3) is 0 Å². The van der Waals surface area contributed by atoms with Crippen LogP contribution in [0.25, 0.3) is 0 Å². The number of benzene rings is 2. The lowest BCUT2D eigenvalue weighted by atomic mass is 9.86. The van der Waals surface area contributed by atoms with Crippen LogP contribution in [-0.4, -0.2) is 16.7 Å². The van der Waals surface area contributed by atoms with Crippen LogP contribution in [0.2, 0.25) is 0 Å². The summed E-state index contributed by atoms with van der Waals surface area (Å²) in [6.45, 7) is 0. The first-order valence-corrected chi connectivity index (χ1v) is 7.31. The maximum Gasteiger partial charge on any atom is 0.205 e. The fourth-order valence-corrected chi connectivity index (χ4v) is 2.88. The molecular weight excluding hydrogens is 300 g/mol. The van der Waals surface area contributed by atoms with Gasteiger partial charge in [0.15, 0.2) is 5.78 Å². The third-order valence-electron chi connectivity index (χ3n) is 3.79. The highest BCUT2D eigenvalue weighted by Crippen LogP contribution is 2.31. The lowest BCUT2D eigenvalue weighted by Crippen LogP contribution is -2.20. The molecule has 1 aliphatic carbocycles. The van der Waals surface area contributed by atoms with Gasteiger partial charge in [0.05, 0.1) is 5.03 Å². The number of halogens is 1. The molecule has 0 aliphatic heterocycles. The summed E-state index contributed by atoms with van der Waals surface area (Å²) in [4.78, 5) is 24.8. The zero-order chi connectivity index (χ0) is 15.7. The van der Waals surface area contributed by atoms with Gasteiger partial charge in [-0.05, 0) is 24.5 Å². The highest BCUT2D eigenvalue weighted by molar-refractivity contribution is 6.50. The van der Waals surface area contributed by atoms with Gasteiger partial charge in [-0.15, -0.1) is 0 Å². The van der Waals surface area contributed by atoms with Gasteiger partial charge >= 0.3 is 0 Å². The van der Waals surface area contributed by atoms with Crippen molar-refractivity contribution in [3.05, 3.63) is 75.8 Å². The number of aromatic hydroxyl groups is 1. The van der Waals surface area contributed by atoms with Crippen molar-refractivity contribution in [2.24, 2.45) is 0 Å². The SMILES string of the molecule is O=C1C(Cl)=C(CCc2ccccc2O)C(=O)c2ccccc21. The van der Waals surface area contributed by atoms with E-state index >= 15 is 0 Å².